The van der Waals surface area contributed by atoms with Crippen LogP contribution in [0.2, 0.25) is 5.02 Å². The van der Waals surface area contributed by atoms with Gasteiger partial charge in [-0.1, -0.05) is 41.9 Å². The molecule has 170 valence electrons. The Morgan fingerprint density at radius 3 is 2.76 bits per heavy atom. The van der Waals surface area contributed by atoms with Gasteiger partial charge in [-0.05, 0) is 48.4 Å². The van der Waals surface area contributed by atoms with Gasteiger partial charge in [0.2, 0.25) is 11.8 Å². The van der Waals surface area contributed by atoms with Crippen molar-refractivity contribution in [3.63, 3.8) is 0 Å². The van der Waals surface area contributed by atoms with E-state index in [0.717, 1.165) is 22.4 Å². The van der Waals surface area contributed by atoms with Crippen molar-refractivity contribution in [1.82, 2.24) is 15.2 Å². The number of rotatable bonds is 7. The summed E-state index contributed by atoms with van der Waals surface area (Å²) in [6, 6.07) is 20.5. The molecule has 34 heavy (non-hydrogen) atoms. The molecule has 3 aromatic carbocycles. The number of aryl methyl sites for hydroxylation is 1. The van der Waals surface area contributed by atoms with Crippen molar-refractivity contribution >= 4 is 34.3 Å². The molecule has 0 saturated heterocycles. The maximum atomic E-state index is 12.4. The molecule has 8 heteroatoms. The zero-order chi connectivity index (χ0) is 23.5. The number of nitrogens with zero attached hydrogens (tertiary/aromatic N) is 2. The number of fused-ring (bicyclic) bond motifs is 1. The van der Waals surface area contributed by atoms with Gasteiger partial charge < -0.3 is 14.5 Å². The molecule has 2 aromatic heterocycles. The van der Waals surface area contributed by atoms with Crippen LogP contribution in [-0.4, -0.2) is 28.2 Å². The number of nitrogens with one attached hydrogen (secondary N) is 2. The zero-order valence-corrected chi connectivity index (χ0v) is 19.1. The SMILES string of the molecule is COc1ccccc1CCC(=O)Nc1ccc(-c2n[nH]cc2-c2nc3cc(Cl)ccc3o2)cc1. The second-order valence-corrected chi connectivity index (χ2v) is 8.15. The van der Waals surface area contributed by atoms with E-state index in [9.17, 15) is 4.79 Å². The summed E-state index contributed by atoms with van der Waals surface area (Å²) in [5, 5.41) is 10.8. The number of hydrogen-bond acceptors (Lipinski definition) is 5. The molecule has 1 amide bonds. The van der Waals surface area contributed by atoms with Crippen LogP contribution in [0.4, 0.5) is 5.69 Å². The molecular weight excluding hydrogens is 452 g/mol. The number of oxazole rings is 1. The number of hydrogen-bond donors (Lipinski definition) is 2. The molecule has 5 rings (SSSR count). The zero-order valence-electron chi connectivity index (χ0n) is 18.3. The molecule has 0 aliphatic rings. The summed E-state index contributed by atoms with van der Waals surface area (Å²) >= 11 is 6.06. The van der Waals surface area contributed by atoms with Crippen LogP contribution < -0.4 is 10.1 Å². The molecule has 7 nitrogen and oxygen atoms in total. The van der Waals surface area contributed by atoms with Crippen LogP contribution >= 0.6 is 11.6 Å². The Labute approximate surface area is 200 Å². The minimum absolute atomic E-state index is 0.0655. The number of ether oxygens (including phenoxy) is 1. The highest BCUT2D eigenvalue weighted by Gasteiger charge is 2.17. The van der Waals surface area contributed by atoms with Gasteiger partial charge in [-0.3, -0.25) is 9.89 Å². The molecule has 0 aliphatic heterocycles. The third-order valence-electron chi connectivity index (χ3n) is 5.48. The molecule has 0 aliphatic carbocycles. The standard InChI is InChI=1S/C26H21ClN4O3/c1-33-22-5-3-2-4-16(22)8-13-24(32)29-19-10-6-17(7-11-19)25-20(15-28-31-25)26-30-21-14-18(27)9-12-23(21)34-26/h2-7,9-12,14-15H,8,13H2,1H3,(H,28,31)(H,29,32). The van der Waals surface area contributed by atoms with E-state index in [1.165, 1.54) is 0 Å². The summed E-state index contributed by atoms with van der Waals surface area (Å²) in [5.41, 5.74) is 5.35. The average molecular weight is 473 g/mol. The molecule has 0 unspecified atom stereocenters. The Bertz CT molecular complexity index is 1460. The Hall–Kier alpha value is -4.10. The highest BCUT2D eigenvalue weighted by molar-refractivity contribution is 6.31. The number of aromatic nitrogens is 3. The van der Waals surface area contributed by atoms with Gasteiger partial charge in [-0.25, -0.2) is 4.98 Å². The molecule has 2 N–H and O–H groups in total. The number of para-hydroxylation sites is 1. The molecule has 0 saturated carbocycles. The monoisotopic (exact) mass is 472 g/mol. The largest absolute Gasteiger partial charge is 0.496 e. The van der Waals surface area contributed by atoms with Crippen molar-refractivity contribution in [3.8, 4) is 28.5 Å². The Balaban J connectivity index is 1.28. The number of H-pyrrole nitrogens is 1. The van der Waals surface area contributed by atoms with Crippen molar-refractivity contribution in [2.24, 2.45) is 0 Å². The first kappa shape index (κ1) is 21.7. The fraction of sp³-hybridized carbons (Fsp3) is 0.115. The van der Waals surface area contributed by atoms with Gasteiger partial charge >= 0.3 is 0 Å². The van der Waals surface area contributed by atoms with Gasteiger partial charge in [0.05, 0.1) is 12.7 Å². The summed E-state index contributed by atoms with van der Waals surface area (Å²) in [6.07, 6.45) is 2.70. The van der Waals surface area contributed by atoms with Gasteiger partial charge in [-0.2, -0.15) is 5.10 Å². The van der Waals surface area contributed by atoms with Crippen molar-refractivity contribution in [1.29, 1.82) is 0 Å². The van der Waals surface area contributed by atoms with Gasteiger partial charge in [0.25, 0.3) is 0 Å². The lowest BCUT2D eigenvalue weighted by molar-refractivity contribution is -0.116. The quantitative estimate of drug-likeness (QED) is 0.297. The van der Waals surface area contributed by atoms with Crippen LogP contribution in [0.5, 0.6) is 5.75 Å². The number of benzene rings is 3. The molecule has 0 radical (unpaired) electrons. The van der Waals surface area contributed by atoms with E-state index in [-0.39, 0.29) is 5.91 Å². The number of halogens is 1. The van der Waals surface area contributed by atoms with Gasteiger partial charge in [0.15, 0.2) is 5.58 Å². The average Bonchev–Trinajstić information content (AvgIpc) is 3.50. The predicted molar refractivity (Wildman–Crippen MR) is 132 cm³/mol. The number of methoxy groups -OCH3 is 1. The molecule has 5 aromatic rings. The minimum atomic E-state index is -0.0655. The second kappa shape index (κ2) is 9.41. The first-order valence-corrected chi connectivity index (χ1v) is 11.1. The van der Waals surface area contributed by atoms with Gasteiger partial charge in [0, 0.05) is 28.9 Å². The number of amides is 1. The van der Waals surface area contributed by atoms with Crippen LogP contribution in [0.15, 0.2) is 77.3 Å². The number of aromatic amines is 1. The lowest BCUT2D eigenvalue weighted by Crippen LogP contribution is -2.12. The Morgan fingerprint density at radius 2 is 1.94 bits per heavy atom. The predicted octanol–water partition coefficient (Wildman–Crippen LogP) is 6.12. The topological polar surface area (TPSA) is 93.0 Å². The number of carbonyl (C=O) groups excluding carboxylic acids is 1. The van der Waals surface area contributed by atoms with E-state index < -0.39 is 0 Å². The lowest BCUT2D eigenvalue weighted by Gasteiger charge is -2.09. The summed E-state index contributed by atoms with van der Waals surface area (Å²) in [6.45, 7) is 0. The fourth-order valence-electron chi connectivity index (χ4n) is 3.78. The van der Waals surface area contributed by atoms with E-state index in [0.29, 0.717) is 46.2 Å². The smallest absolute Gasteiger partial charge is 0.231 e. The van der Waals surface area contributed by atoms with Gasteiger partial charge in [0.1, 0.15) is 17.0 Å². The van der Waals surface area contributed by atoms with E-state index >= 15 is 0 Å². The van der Waals surface area contributed by atoms with Crippen molar-refractivity contribution < 1.29 is 13.9 Å². The van der Waals surface area contributed by atoms with Crippen LogP contribution in [0, 0.1) is 0 Å². The fourth-order valence-corrected chi connectivity index (χ4v) is 3.95. The van der Waals surface area contributed by atoms with Crippen molar-refractivity contribution in [2.45, 2.75) is 12.8 Å². The highest BCUT2D eigenvalue weighted by atomic mass is 35.5. The lowest BCUT2D eigenvalue weighted by atomic mass is 10.1. The summed E-state index contributed by atoms with van der Waals surface area (Å²) < 4.78 is 11.2. The molecule has 2 heterocycles. The molecule has 0 bridgehead atoms. The van der Waals surface area contributed by atoms with E-state index in [4.69, 9.17) is 20.8 Å². The van der Waals surface area contributed by atoms with E-state index in [2.05, 4.69) is 20.5 Å². The van der Waals surface area contributed by atoms with Crippen LogP contribution in [0.25, 0.3) is 33.8 Å². The maximum Gasteiger partial charge on any atom is 0.231 e. The van der Waals surface area contributed by atoms with Crippen molar-refractivity contribution in [3.05, 3.63) is 83.5 Å². The Kier molecular flexibility index (Phi) is 6.01. The van der Waals surface area contributed by atoms with Crippen LogP contribution in [0.1, 0.15) is 12.0 Å². The third kappa shape index (κ3) is 4.51. The molecule has 0 spiro atoms. The summed E-state index contributed by atoms with van der Waals surface area (Å²) in [4.78, 5) is 17.0. The normalized spacial score (nSPS) is 11.0. The third-order valence-corrected chi connectivity index (χ3v) is 5.71. The Morgan fingerprint density at radius 1 is 1.12 bits per heavy atom. The second-order valence-electron chi connectivity index (χ2n) is 7.72. The van der Waals surface area contributed by atoms with Crippen molar-refractivity contribution in [2.75, 3.05) is 12.4 Å². The maximum absolute atomic E-state index is 12.4. The number of anilines is 1. The summed E-state index contributed by atoms with van der Waals surface area (Å²) in [5.74, 6) is 1.18. The first-order valence-electron chi connectivity index (χ1n) is 10.7. The minimum Gasteiger partial charge on any atom is -0.496 e. The van der Waals surface area contributed by atoms with Crippen LogP contribution in [0.3, 0.4) is 0 Å². The van der Waals surface area contributed by atoms with E-state index in [1.807, 2.05) is 48.5 Å². The highest BCUT2D eigenvalue weighted by Crippen LogP contribution is 2.33. The first-order chi connectivity index (χ1) is 16.6. The molecule has 0 atom stereocenters. The number of carbonyl (C=O) groups is 1. The molecular formula is C26H21ClN4O3. The van der Waals surface area contributed by atoms with E-state index in [1.54, 1.807) is 31.5 Å². The molecule has 0 fully saturated rings. The summed E-state index contributed by atoms with van der Waals surface area (Å²) in [7, 11) is 1.63. The van der Waals surface area contributed by atoms with Gasteiger partial charge in [-0.15, -0.1) is 0 Å². The van der Waals surface area contributed by atoms with Crippen LogP contribution in [-0.2, 0) is 11.2 Å².